The van der Waals surface area contributed by atoms with E-state index < -0.39 is 0 Å². The molecule has 0 aliphatic carbocycles. The van der Waals surface area contributed by atoms with Crippen LogP contribution in [0, 0.1) is 0 Å². The van der Waals surface area contributed by atoms with Gasteiger partial charge in [0.05, 0.1) is 5.36 Å². The highest BCUT2D eigenvalue weighted by Gasteiger charge is 2.11. The molecule has 0 aromatic carbocycles. The molecule has 0 amide bonds. The molecule has 4 nitrogen and oxygen atoms in total. The van der Waals surface area contributed by atoms with E-state index in [1.807, 2.05) is 23.0 Å². The van der Waals surface area contributed by atoms with Crippen molar-refractivity contribution in [3.63, 3.8) is 0 Å². The quantitative estimate of drug-likeness (QED) is 0.580. The average Bonchev–Trinajstić information content (AvgIpc) is 2.43. The van der Waals surface area contributed by atoms with Crippen molar-refractivity contribution in [2.24, 2.45) is 4.99 Å². The second-order valence-corrected chi connectivity index (χ2v) is 2.86. The fourth-order valence-corrected chi connectivity index (χ4v) is 1.31. The molecule has 12 heavy (non-hydrogen) atoms. The largest absolute Gasteiger partial charge is 0.349 e. The number of fused-ring (bicyclic) bond motifs is 1. The lowest BCUT2D eigenvalue weighted by Crippen LogP contribution is -2.20. The third-order valence-electron chi connectivity index (χ3n) is 1.89. The summed E-state index contributed by atoms with van der Waals surface area (Å²) in [6.07, 6.45) is 2.26. The summed E-state index contributed by atoms with van der Waals surface area (Å²) >= 11 is 0. The maximum Gasteiger partial charge on any atom is 0.128 e. The summed E-state index contributed by atoms with van der Waals surface area (Å²) in [4.78, 5) is 4.09. The number of pyridine rings is 1. The van der Waals surface area contributed by atoms with Crippen molar-refractivity contribution in [2.75, 3.05) is 17.8 Å². The summed E-state index contributed by atoms with van der Waals surface area (Å²) in [5.74, 6) is 1.06. The van der Waals surface area contributed by atoms with Crippen LogP contribution >= 0.6 is 0 Å². The molecule has 1 aromatic heterocycles. The minimum absolute atomic E-state index is 0.289. The van der Waals surface area contributed by atoms with Crippen molar-refractivity contribution in [3.8, 4) is 0 Å². The summed E-state index contributed by atoms with van der Waals surface area (Å²) in [5.41, 5.74) is 3.21. The Kier molecular flexibility index (Phi) is 1.53. The molecule has 2 heterocycles. The van der Waals surface area contributed by atoms with Gasteiger partial charge in [-0.15, -0.1) is 0 Å². The third-order valence-corrected chi connectivity index (χ3v) is 1.89. The van der Waals surface area contributed by atoms with Gasteiger partial charge >= 0.3 is 0 Å². The molecule has 0 spiro atoms. The first-order valence-electron chi connectivity index (χ1n) is 3.98. The smallest absolute Gasteiger partial charge is 0.128 e. The number of hydrogen-bond acceptors (Lipinski definition) is 3. The van der Waals surface area contributed by atoms with Gasteiger partial charge in [0.15, 0.2) is 0 Å². The molecule has 2 rings (SSSR count). The molecule has 64 valence electrons. The Bertz CT molecular complexity index is 352. The van der Waals surface area contributed by atoms with Crippen molar-refractivity contribution in [2.45, 2.75) is 13.1 Å². The molecule has 0 saturated carbocycles. The summed E-state index contributed by atoms with van der Waals surface area (Å²) in [5, 5.41) is 4.25. The molecular weight excluding hydrogens is 152 g/mol. The molecule has 1 aliphatic rings. The van der Waals surface area contributed by atoms with Gasteiger partial charge in [-0.3, -0.25) is 4.99 Å². The molecule has 1 unspecified atom stereocenters. The Morgan fingerprint density at radius 3 is 3.17 bits per heavy atom. The topological polar surface area (TPSA) is 41.4 Å². The third kappa shape index (κ3) is 1.05. The van der Waals surface area contributed by atoms with E-state index in [0.717, 1.165) is 11.2 Å². The molecule has 1 aromatic rings. The number of rotatable bonds is 0. The highest BCUT2D eigenvalue weighted by molar-refractivity contribution is 5.41. The van der Waals surface area contributed by atoms with Gasteiger partial charge in [0.2, 0.25) is 0 Å². The monoisotopic (exact) mass is 164 g/mol. The Morgan fingerprint density at radius 1 is 1.58 bits per heavy atom. The minimum Gasteiger partial charge on any atom is -0.349 e. The van der Waals surface area contributed by atoms with E-state index in [1.165, 1.54) is 0 Å². The highest BCUT2D eigenvalue weighted by Crippen LogP contribution is 2.09. The van der Waals surface area contributed by atoms with Crippen LogP contribution in [-0.2, 0) is 0 Å². The van der Waals surface area contributed by atoms with Gasteiger partial charge in [-0.2, -0.15) is 0 Å². The predicted octanol–water partition coefficient (Wildman–Crippen LogP) is 0.334. The van der Waals surface area contributed by atoms with E-state index in [9.17, 15) is 0 Å². The zero-order valence-corrected chi connectivity index (χ0v) is 7.20. The van der Waals surface area contributed by atoms with E-state index in [4.69, 9.17) is 0 Å². The maximum absolute atomic E-state index is 4.09. The van der Waals surface area contributed by atoms with Crippen LogP contribution in [0.3, 0.4) is 0 Å². The van der Waals surface area contributed by atoms with Crippen molar-refractivity contribution >= 4 is 5.82 Å². The van der Waals surface area contributed by atoms with Crippen LogP contribution in [0.25, 0.3) is 0 Å². The standard InChI is InChI=1S/C8H12N4/c1-6-10-8-5-7(9-2)3-4-12(8)11-6/h3-6,10-11H,1-2H3. The van der Waals surface area contributed by atoms with Crippen LogP contribution in [0.2, 0.25) is 0 Å². The molecule has 2 N–H and O–H groups in total. The molecule has 0 bridgehead atoms. The van der Waals surface area contributed by atoms with Crippen molar-refractivity contribution < 1.29 is 0 Å². The Balaban J connectivity index is 2.49. The first-order chi connectivity index (χ1) is 5.79. The Morgan fingerprint density at radius 2 is 2.42 bits per heavy atom. The minimum atomic E-state index is 0.289. The number of aromatic nitrogens is 1. The summed E-state index contributed by atoms with van der Waals surface area (Å²) in [7, 11) is 1.79. The molecular formula is C8H12N4. The van der Waals surface area contributed by atoms with Crippen LogP contribution in [0.1, 0.15) is 6.92 Å². The molecule has 0 saturated heterocycles. The van der Waals surface area contributed by atoms with Gasteiger partial charge in [0.25, 0.3) is 0 Å². The van der Waals surface area contributed by atoms with Crippen LogP contribution < -0.4 is 16.1 Å². The molecule has 0 fully saturated rings. The number of nitrogens with zero attached hydrogens (tertiary/aromatic N) is 2. The Hall–Kier alpha value is -1.45. The van der Waals surface area contributed by atoms with E-state index >= 15 is 0 Å². The zero-order chi connectivity index (χ0) is 8.55. The SMILES string of the molecule is CN=c1ccn2c(c1)NC(C)N2. The van der Waals surface area contributed by atoms with Crippen LogP contribution in [0.15, 0.2) is 23.3 Å². The van der Waals surface area contributed by atoms with Crippen LogP contribution in [0.4, 0.5) is 5.82 Å². The number of nitrogens with one attached hydrogen (secondary N) is 2. The first-order valence-corrected chi connectivity index (χ1v) is 3.98. The Labute approximate surface area is 70.9 Å². The van der Waals surface area contributed by atoms with Crippen LogP contribution in [0.5, 0.6) is 0 Å². The van der Waals surface area contributed by atoms with E-state index in [2.05, 4.69) is 22.7 Å². The molecule has 1 aliphatic heterocycles. The molecule has 1 atom stereocenters. The highest BCUT2D eigenvalue weighted by atomic mass is 15.5. The van der Waals surface area contributed by atoms with Crippen molar-refractivity contribution in [3.05, 3.63) is 23.7 Å². The van der Waals surface area contributed by atoms with E-state index in [-0.39, 0.29) is 6.17 Å². The predicted molar refractivity (Wildman–Crippen MR) is 48.4 cm³/mol. The van der Waals surface area contributed by atoms with Crippen molar-refractivity contribution in [1.82, 2.24) is 4.68 Å². The second-order valence-electron chi connectivity index (χ2n) is 2.86. The van der Waals surface area contributed by atoms with E-state index in [0.29, 0.717) is 0 Å². The van der Waals surface area contributed by atoms with Gasteiger partial charge in [0, 0.05) is 19.3 Å². The lowest BCUT2D eigenvalue weighted by Gasteiger charge is -2.02. The van der Waals surface area contributed by atoms with E-state index in [1.54, 1.807) is 7.05 Å². The van der Waals surface area contributed by atoms with Gasteiger partial charge in [-0.25, -0.2) is 4.68 Å². The van der Waals surface area contributed by atoms with Gasteiger partial charge in [-0.1, -0.05) is 0 Å². The average molecular weight is 164 g/mol. The maximum atomic E-state index is 4.09. The van der Waals surface area contributed by atoms with Crippen LogP contribution in [-0.4, -0.2) is 17.9 Å². The summed E-state index contributed by atoms with van der Waals surface area (Å²) < 4.78 is 1.96. The van der Waals surface area contributed by atoms with Gasteiger partial charge in [0.1, 0.15) is 12.0 Å². The fraction of sp³-hybridized carbons (Fsp3) is 0.375. The lowest BCUT2D eigenvalue weighted by atomic mass is 10.4. The summed E-state index contributed by atoms with van der Waals surface area (Å²) in [6, 6.07) is 3.98. The number of hydrogen-bond donors (Lipinski definition) is 2. The lowest BCUT2D eigenvalue weighted by molar-refractivity contribution is 0.834. The van der Waals surface area contributed by atoms with Crippen molar-refractivity contribution in [1.29, 1.82) is 0 Å². The van der Waals surface area contributed by atoms with Gasteiger partial charge < -0.3 is 10.7 Å². The zero-order valence-electron chi connectivity index (χ0n) is 7.20. The molecule has 0 radical (unpaired) electrons. The number of anilines is 1. The second kappa shape index (κ2) is 2.55. The first kappa shape index (κ1) is 7.21. The fourth-order valence-electron chi connectivity index (χ4n) is 1.31. The summed E-state index contributed by atoms with van der Waals surface area (Å²) in [6.45, 7) is 2.07. The molecule has 4 heteroatoms. The normalized spacial score (nSPS) is 21.5. The van der Waals surface area contributed by atoms with Gasteiger partial charge in [-0.05, 0) is 13.0 Å².